The molecular weight excluding hydrogens is 236 g/mol. The van der Waals surface area contributed by atoms with Gasteiger partial charge in [-0.25, -0.2) is 4.79 Å². The second-order valence-electron chi connectivity index (χ2n) is 4.62. The van der Waals surface area contributed by atoms with E-state index in [0.29, 0.717) is 18.7 Å². The molecule has 6 heteroatoms. The van der Waals surface area contributed by atoms with E-state index in [9.17, 15) is 9.59 Å². The number of amides is 1. The van der Waals surface area contributed by atoms with Gasteiger partial charge in [0.15, 0.2) is 0 Å². The number of primary amides is 1. The lowest BCUT2D eigenvalue weighted by Crippen LogP contribution is -2.40. The Morgan fingerprint density at radius 3 is 2.72 bits per heavy atom. The van der Waals surface area contributed by atoms with Gasteiger partial charge in [0.05, 0.1) is 18.8 Å². The number of furan rings is 1. The van der Waals surface area contributed by atoms with Gasteiger partial charge in [0.25, 0.3) is 0 Å². The molecule has 0 saturated heterocycles. The molecule has 1 heterocycles. The first-order chi connectivity index (χ1) is 8.38. The van der Waals surface area contributed by atoms with Gasteiger partial charge >= 0.3 is 5.97 Å². The van der Waals surface area contributed by atoms with E-state index in [1.54, 1.807) is 19.9 Å². The highest BCUT2D eigenvalue weighted by atomic mass is 16.5. The fourth-order valence-corrected chi connectivity index (χ4v) is 1.34. The maximum absolute atomic E-state index is 11.3. The summed E-state index contributed by atoms with van der Waals surface area (Å²) in [5.41, 5.74) is 5.30. The number of carbonyl (C=O) groups excluding carboxylic acids is 2. The fraction of sp³-hybridized carbons (Fsp3) is 0.500. The number of hydrogen-bond acceptors (Lipinski definition) is 5. The Hall–Kier alpha value is -1.82. The number of esters is 1. The maximum Gasteiger partial charge on any atom is 0.374 e. The zero-order chi connectivity index (χ0) is 13.8. The average molecular weight is 254 g/mol. The van der Waals surface area contributed by atoms with E-state index in [1.807, 2.05) is 0 Å². The van der Waals surface area contributed by atoms with Crippen molar-refractivity contribution in [1.29, 1.82) is 0 Å². The van der Waals surface area contributed by atoms with Gasteiger partial charge in [-0.05, 0) is 19.9 Å². The van der Waals surface area contributed by atoms with Gasteiger partial charge in [0, 0.05) is 18.7 Å². The Balaban J connectivity index is 2.57. The molecule has 0 radical (unpaired) electrons. The summed E-state index contributed by atoms with van der Waals surface area (Å²) in [6.45, 7) is 4.31. The third kappa shape index (κ3) is 3.33. The van der Waals surface area contributed by atoms with Crippen LogP contribution in [-0.4, -0.2) is 25.5 Å². The van der Waals surface area contributed by atoms with Crippen molar-refractivity contribution in [3.05, 3.63) is 23.7 Å². The summed E-state index contributed by atoms with van der Waals surface area (Å²) in [6.07, 6.45) is 1.42. The summed E-state index contributed by atoms with van der Waals surface area (Å²) in [7, 11) is 1.29. The summed E-state index contributed by atoms with van der Waals surface area (Å²) in [5.74, 6) is -0.733. The SMILES string of the molecule is COC(=O)c1occc1CNCC(C)(C)C(N)=O. The van der Waals surface area contributed by atoms with Gasteiger partial charge in [0.1, 0.15) is 0 Å². The molecule has 0 atom stereocenters. The minimum atomic E-state index is -0.644. The van der Waals surface area contributed by atoms with Gasteiger partial charge in [-0.3, -0.25) is 4.79 Å². The Morgan fingerprint density at radius 1 is 1.50 bits per heavy atom. The first-order valence-corrected chi connectivity index (χ1v) is 5.54. The van der Waals surface area contributed by atoms with Crippen LogP contribution in [0.2, 0.25) is 0 Å². The zero-order valence-electron chi connectivity index (χ0n) is 10.8. The van der Waals surface area contributed by atoms with Crippen molar-refractivity contribution < 1.29 is 18.7 Å². The molecule has 0 saturated carbocycles. The standard InChI is InChI=1S/C12H18N2O4/c1-12(2,11(13)16)7-14-6-8-4-5-18-9(8)10(15)17-3/h4-5,14H,6-7H2,1-3H3,(H2,13,16). The number of nitrogens with one attached hydrogen (secondary N) is 1. The molecule has 0 unspecified atom stereocenters. The molecule has 3 N–H and O–H groups in total. The van der Waals surface area contributed by atoms with Crippen LogP contribution in [-0.2, 0) is 16.1 Å². The molecule has 18 heavy (non-hydrogen) atoms. The van der Waals surface area contributed by atoms with Gasteiger partial charge in [-0.2, -0.15) is 0 Å². The smallest absolute Gasteiger partial charge is 0.374 e. The number of hydrogen-bond donors (Lipinski definition) is 2. The highest BCUT2D eigenvalue weighted by Crippen LogP contribution is 2.14. The molecule has 0 aliphatic carbocycles. The van der Waals surface area contributed by atoms with Crippen LogP contribution in [0.1, 0.15) is 30.0 Å². The van der Waals surface area contributed by atoms with Crippen LogP contribution in [0.4, 0.5) is 0 Å². The van der Waals surface area contributed by atoms with Crippen molar-refractivity contribution in [3.8, 4) is 0 Å². The monoisotopic (exact) mass is 254 g/mol. The van der Waals surface area contributed by atoms with E-state index >= 15 is 0 Å². The third-order valence-corrected chi connectivity index (χ3v) is 2.67. The predicted octanol–water partition coefficient (Wildman–Crippen LogP) is 0.667. The summed E-state index contributed by atoms with van der Waals surface area (Å²) < 4.78 is 9.63. The number of methoxy groups -OCH3 is 1. The Morgan fingerprint density at radius 2 is 2.17 bits per heavy atom. The van der Waals surface area contributed by atoms with Crippen molar-refractivity contribution in [2.45, 2.75) is 20.4 Å². The van der Waals surface area contributed by atoms with Crippen molar-refractivity contribution >= 4 is 11.9 Å². The lowest BCUT2D eigenvalue weighted by molar-refractivity contribution is -0.125. The van der Waals surface area contributed by atoms with Crippen molar-refractivity contribution in [2.24, 2.45) is 11.1 Å². The highest BCUT2D eigenvalue weighted by Gasteiger charge is 2.24. The normalized spacial score (nSPS) is 11.3. The van der Waals surface area contributed by atoms with Gasteiger partial charge in [-0.1, -0.05) is 0 Å². The lowest BCUT2D eigenvalue weighted by Gasteiger charge is -2.20. The van der Waals surface area contributed by atoms with Crippen LogP contribution in [0.3, 0.4) is 0 Å². The van der Waals surface area contributed by atoms with Gasteiger partial charge in [0.2, 0.25) is 11.7 Å². The molecule has 0 bridgehead atoms. The van der Waals surface area contributed by atoms with Crippen molar-refractivity contribution in [3.63, 3.8) is 0 Å². The van der Waals surface area contributed by atoms with Crippen LogP contribution in [0.5, 0.6) is 0 Å². The molecule has 1 aromatic rings. The lowest BCUT2D eigenvalue weighted by atomic mass is 9.93. The molecular formula is C12H18N2O4. The fourth-order valence-electron chi connectivity index (χ4n) is 1.34. The van der Waals surface area contributed by atoms with Crippen LogP contribution in [0, 0.1) is 5.41 Å². The molecule has 0 spiro atoms. The molecule has 6 nitrogen and oxygen atoms in total. The molecule has 0 aliphatic heterocycles. The van der Waals surface area contributed by atoms with Crippen LogP contribution in [0.15, 0.2) is 16.7 Å². The Labute approximate surface area is 105 Å². The zero-order valence-corrected chi connectivity index (χ0v) is 10.8. The predicted molar refractivity (Wildman–Crippen MR) is 64.7 cm³/mol. The molecule has 1 rings (SSSR count). The minimum Gasteiger partial charge on any atom is -0.463 e. The molecule has 1 aromatic heterocycles. The summed E-state index contributed by atoms with van der Waals surface area (Å²) >= 11 is 0. The second kappa shape index (κ2) is 5.68. The van der Waals surface area contributed by atoms with E-state index in [-0.39, 0.29) is 11.7 Å². The summed E-state index contributed by atoms with van der Waals surface area (Å²) in [4.78, 5) is 22.5. The van der Waals surface area contributed by atoms with E-state index < -0.39 is 11.4 Å². The van der Waals surface area contributed by atoms with Gasteiger partial charge < -0.3 is 20.2 Å². The van der Waals surface area contributed by atoms with Crippen LogP contribution < -0.4 is 11.1 Å². The number of nitrogens with two attached hydrogens (primary N) is 1. The first-order valence-electron chi connectivity index (χ1n) is 5.54. The Kier molecular flexibility index (Phi) is 4.49. The molecule has 0 aromatic carbocycles. The van der Waals surface area contributed by atoms with Gasteiger partial charge in [-0.15, -0.1) is 0 Å². The average Bonchev–Trinajstić information content (AvgIpc) is 2.76. The van der Waals surface area contributed by atoms with E-state index in [2.05, 4.69) is 10.1 Å². The first kappa shape index (κ1) is 14.2. The largest absolute Gasteiger partial charge is 0.463 e. The molecule has 100 valence electrons. The van der Waals surface area contributed by atoms with Crippen molar-refractivity contribution in [2.75, 3.05) is 13.7 Å². The highest BCUT2D eigenvalue weighted by molar-refractivity contribution is 5.87. The maximum atomic E-state index is 11.3. The minimum absolute atomic E-state index is 0.168. The van der Waals surface area contributed by atoms with Crippen LogP contribution in [0.25, 0.3) is 0 Å². The summed E-state index contributed by atoms with van der Waals surface area (Å²) in [6, 6.07) is 1.68. The third-order valence-electron chi connectivity index (χ3n) is 2.67. The Bertz CT molecular complexity index is 437. The van der Waals surface area contributed by atoms with Crippen molar-refractivity contribution in [1.82, 2.24) is 5.32 Å². The number of ether oxygens (including phenoxy) is 1. The summed E-state index contributed by atoms with van der Waals surface area (Å²) in [5, 5.41) is 3.06. The number of rotatable bonds is 6. The second-order valence-corrected chi connectivity index (χ2v) is 4.62. The molecule has 0 aliphatic rings. The van der Waals surface area contributed by atoms with Crippen LogP contribution >= 0.6 is 0 Å². The van der Waals surface area contributed by atoms with E-state index in [1.165, 1.54) is 13.4 Å². The van der Waals surface area contributed by atoms with E-state index in [0.717, 1.165) is 0 Å². The molecule has 1 amide bonds. The number of carbonyl (C=O) groups is 2. The molecule has 0 fully saturated rings. The van der Waals surface area contributed by atoms with E-state index in [4.69, 9.17) is 10.2 Å². The quantitative estimate of drug-likeness (QED) is 0.727. The topological polar surface area (TPSA) is 94.6 Å².